The summed E-state index contributed by atoms with van der Waals surface area (Å²) in [6.45, 7) is 0. The predicted molar refractivity (Wildman–Crippen MR) is 85.9 cm³/mol. The third-order valence-corrected chi connectivity index (χ3v) is 3.76. The Morgan fingerprint density at radius 1 is 0.913 bits per heavy atom. The number of furan rings is 2. The van der Waals surface area contributed by atoms with E-state index in [0.717, 1.165) is 27.5 Å². The molecule has 112 valence electrons. The number of benzene rings is 2. The monoisotopic (exact) mass is 305 g/mol. The van der Waals surface area contributed by atoms with Crippen molar-refractivity contribution in [1.82, 2.24) is 0 Å². The van der Waals surface area contributed by atoms with Crippen molar-refractivity contribution in [2.45, 2.75) is 6.42 Å². The van der Waals surface area contributed by atoms with E-state index in [4.69, 9.17) is 8.83 Å². The Balaban J connectivity index is 1.67. The zero-order chi connectivity index (χ0) is 15.8. The van der Waals surface area contributed by atoms with Crippen molar-refractivity contribution in [2.24, 2.45) is 5.18 Å². The Bertz CT molecular complexity index is 1040. The van der Waals surface area contributed by atoms with Crippen LogP contribution in [0.15, 0.2) is 68.6 Å². The molecule has 0 aliphatic carbocycles. The molecule has 4 aromatic rings. The van der Waals surface area contributed by atoms with Crippen LogP contribution in [0.2, 0.25) is 0 Å². The molecular formula is C18H11NO4. The van der Waals surface area contributed by atoms with E-state index in [1.807, 2.05) is 42.5 Å². The van der Waals surface area contributed by atoms with Crippen LogP contribution in [0, 0.1) is 4.91 Å². The molecule has 0 radical (unpaired) electrons. The Morgan fingerprint density at radius 2 is 1.74 bits per heavy atom. The number of carbonyl (C=O) groups excluding carboxylic acids is 1. The van der Waals surface area contributed by atoms with Gasteiger partial charge in [-0.05, 0) is 23.8 Å². The van der Waals surface area contributed by atoms with Gasteiger partial charge in [0.15, 0.2) is 5.76 Å². The number of carbonyl (C=O) groups is 1. The standard InChI is InChI=1S/C18H11NO4/c20-14(16-7-8-18(19-21)23-16)9-11-5-6-13-12-3-1-2-4-15(12)22-17(13)10-11/h1-8,10H,9H2. The van der Waals surface area contributed by atoms with Gasteiger partial charge in [0.1, 0.15) is 11.2 Å². The number of ketones is 1. The summed E-state index contributed by atoms with van der Waals surface area (Å²) in [5.41, 5.74) is 2.38. The average Bonchev–Trinajstić information content (AvgIpc) is 3.18. The van der Waals surface area contributed by atoms with Gasteiger partial charge in [-0.3, -0.25) is 4.79 Å². The van der Waals surface area contributed by atoms with Crippen molar-refractivity contribution >= 4 is 33.6 Å². The molecule has 2 heterocycles. The molecule has 0 aliphatic heterocycles. The molecule has 23 heavy (non-hydrogen) atoms. The molecule has 0 spiro atoms. The van der Waals surface area contributed by atoms with Gasteiger partial charge in [0.2, 0.25) is 5.78 Å². The molecule has 0 N–H and O–H groups in total. The highest BCUT2D eigenvalue weighted by atomic mass is 16.4. The molecular weight excluding hydrogens is 294 g/mol. The normalized spacial score (nSPS) is 11.1. The van der Waals surface area contributed by atoms with E-state index < -0.39 is 0 Å². The number of nitroso groups, excluding NO2 is 1. The molecule has 0 saturated carbocycles. The van der Waals surface area contributed by atoms with Crippen LogP contribution < -0.4 is 0 Å². The van der Waals surface area contributed by atoms with Crippen LogP contribution in [0.4, 0.5) is 5.88 Å². The zero-order valence-corrected chi connectivity index (χ0v) is 12.0. The second kappa shape index (κ2) is 5.21. The van der Waals surface area contributed by atoms with Crippen molar-refractivity contribution in [1.29, 1.82) is 0 Å². The molecule has 5 nitrogen and oxygen atoms in total. The van der Waals surface area contributed by atoms with E-state index in [1.54, 1.807) is 0 Å². The smallest absolute Gasteiger partial charge is 0.261 e. The maximum Gasteiger partial charge on any atom is 0.261 e. The fourth-order valence-electron chi connectivity index (χ4n) is 2.68. The van der Waals surface area contributed by atoms with Crippen molar-refractivity contribution in [3.8, 4) is 0 Å². The first kappa shape index (κ1) is 13.5. The maximum atomic E-state index is 12.2. The number of nitrogens with zero attached hydrogens (tertiary/aromatic N) is 1. The minimum Gasteiger partial charge on any atom is -0.456 e. The summed E-state index contributed by atoms with van der Waals surface area (Å²) in [5, 5.41) is 4.73. The third kappa shape index (κ3) is 2.32. The first-order chi connectivity index (χ1) is 11.2. The summed E-state index contributed by atoms with van der Waals surface area (Å²) in [7, 11) is 0. The average molecular weight is 305 g/mol. The second-order valence-electron chi connectivity index (χ2n) is 5.26. The van der Waals surface area contributed by atoms with E-state index in [-0.39, 0.29) is 23.8 Å². The highest BCUT2D eigenvalue weighted by molar-refractivity contribution is 6.05. The van der Waals surface area contributed by atoms with Crippen LogP contribution in [-0.2, 0) is 6.42 Å². The molecule has 2 aromatic heterocycles. The van der Waals surface area contributed by atoms with Crippen molar-refractivity contribution < 1.29 is 13.6 Å². The Hall–Kier alpha value is -3.21. The fraction of sp³-hybridized carbons (Fsp3) is 0.0556. The summed E-state index contributed by atoms with van der Waals surface area (Å²) in [6, 6.07) is 16.3. The number of para-hydroxylation sites is 1. The lowest BCUT2D eigenvalue weighted by molar-refractivity contribution is 0.0967. The third-order valence-electron chi connectivity index (χ3n) is 3.76. The van der Waals surface area contributed by atoms with E-state index in [2.05, 4.69) is 5.18 Å². The molecule has 0 aliphatic rings. The van der Waals surface area contributed by atoms with Gasteiger partial charge in [-0.1, -0.05) is 30.3 Å². The van der Waals surface area contributed by atoms with Gasteiger partial charge in [-0.2, -0.15) is 0 Å². The molecule has 4 rings (SSSR count). The lowest BCUT2D eigenvalue weighted by Gasteiger charge is -1.99. The van der Waals surface area contributed by atoms with Crippen LogP contribution in [-0.4, -0.2) is 5.78 Å². The summed E-state index contributed by atoms with van der Waals surface area (Å²) >= 11 is 0. The van der Waals surface area contributed by atoms with Crippen LogP contribution in [0.3, 0.4) is 0 Å². The van der Waals surface area contributed by atoms with Crippen LogP contribution in [0.25, 0.3) is 21.9 Å². The number of hydrogen-bond donors (Lipinski definition) is 0. The fourth-order valence-corrected chi connectivity index (χ4v) is 2.68. The van der Waals surface area contributed by atoms with Crippen molar-refractivity contribution in [2.75, 3.05) is 0 Å². The van der Waals surface area contributed by atoms with Gasteiger partial charge in [0.05, 0.1) is 0 Å². The van der Waals surface area contributed by atoms with Gasteiger partial charge in [-0.15, -0.1) is 4.91 Å². The zero-order valence-electron chi connectivity index (χ0n) is 12.0. The lowest BCUT2D eigenvalue weighted by atomic mass is 10.1. The number of fused-ring (bicyclic) bond motifs is 3. The number of hydrogen-bond acceptors (Lipinski definition) is 5. The van der Waals surface area contributed by atoms with Crippen molar-refractivity contribution in [3.63, 3.8) is 0 Å². The minimum atomic E-state index is -0.213. The van der Waals surface area contributed by atoms with E-state index in [1.165, 1.54) is 12.1 Å². The molecule has 5 heteroatoms. The second-order valence-corrected chi connectivity index (χ2v) is 5.26. The first-order valence-electron chi connectivity index (χ1n) is 7.11. The summed E-state index contributed by atoms with van der Waals surface area (Å²) < 4.78 is 10.9. The Kier molecular flexibility index (Phi) is 3.05. The lowest BCUT2D eigenvalue weighted by Crippen LogP contribution is -2.01. The van der Waals surface area contributed by atoms with Gasteiger partial charge >= 0.3 is 0 Å². The largest absolute Gasteiger partial charge is 0.456 e. The van der Waals surface area contributed by atoms with Gasteiger partial charge in [0.25, 0.3) is 5.88 Å². The van der Waals surface area contributed by atoms with Crippen LogP contribution in [0.1, 0.15) is 16.1 Å². The van der Waals surface area contributed by atoms with E-state index in [0.29, 0.717) is 0 Å². The maximum absolute atomic E-state index is 12.2. The van der Waals surface area contributed by atoms with E-state index in [9.17, 15) is 9.70 Å². The SMILES string of the molecule is O=Nc1ccc(C(=O)Cc2ccc3c(c2)oc2ccccc23)o1. The first-order valence-corrected chi connectivity index (χ1v) is 7.11. The van der Waals surface area contributed by atoms with Gasteiger partial charge in [-0.25, -0.2) is 0 Å². The Labute approximate surface area is 130 Å². The topological polar surface area (TPSA) is 72.8 Å². The molecule has 0 fully saturated rings. The molecule has 2 aromatic carbocycles. The van der Waals surface area contributed by atoms with Gasteiger partial charge < -0.3 is 8.83 Å². The van der Waals surface area contributed by atoms with Crippen LogP contribution in [0.5, 0.6) is 0 Å². The highest BCUT2D eigenvalue weighted by Crippen LogP contribution is 2.29. The highest BCUT2D eigenvalue weighted by Gasteiger charge is 2.14. The molecule has 0 unspecified atom stereocenters. The predicted octanol–water partition coefficient (Wildman–Crippen LogP) is 5.00. The Morgan fingerprint density at radius 3 is 2.57 bits per heavy atom. The summed E-state index contributed by atoms with van der Waals surface area (Å²) in [6.07, 6.45) is 0.165. The summed E-state index contributed by atoms with van der Waals surface area (Å²) in [4.78, 5) is 22.5. The molecule has 0 atom stereocenters. The van der Waals surface area contributed by atoms with Crippen LogP contribution >= 0.6 is 0 Å². The van der Waals surface area contributed by atoms with Gasteiger partial charge in [0, 0.05) is 28.4 Å². The molecule has 0 bridgehead atoms. The minimum absolute atomic E-state index is 0.0962. The molecule has 0 amide bonds. The number of Topliss-reactive ketones (excluding diaryl/α,β-unsaturated/α-hetero) is 1. The van der Waals surface area contributed by atoms with Crippen molar-refractivity contribution in [3.05, 3.63) is 70.8 Å². The van der Waals surface area contributed by atoms with E-state index >= 15 is 0 Å². The summed E-state index contributed by atoms with van der Waals surface area (Å²) in [5.74, 6) is -0.180. The number of rotatable bonds is 4. The quantitative estimate of drug-likeness (QED) is 0.393. The molecule has 0 saturated heterocycles.